The zero-order valence-corrected chi connectivity index (χ0v) is 25.0. The van der Waals surface area contributed by atoms with Crippen LogP contribution in [0, 0.1) is 17.5 Å². The van der Waals surface area contributed by atoms with E-state index in [9.17, 15) is 32.3 Å². The predicted molar refractivity (Wildman–Crippen MR) is 161 cm³/mol. The first kappa shape index (κ1) is 34.2. The van der Waals surface area contributed by atoms with Gasteiger partial charge in [-0.2, -0.15) is 0 Å². The van der Waals surface area contributed by atoms with Gasteiger partial charge in [0.1, 0.15) is 36.3 Å². The summed E-state index contributed by atoms with van der Waals surface area (Å²) in [6, 6.07) is 9.49. The third kappa shape index (κ3) is 8.19. The standard InChI is InChI=1S/C29H27F3N4O4.C3H6O2/c1-4-11-34-17-35(18(3)5-2)29(39)25-27(40-16-19-9-7-6-8-10-19)26(37)22(15-36(25)34)28(38)33-14-21-23(31)12-20(30)13-24(21)32;1-3(4)5-2/h4-10,12-13,15,18H,1-2,11,14,16-17H2,3H3,(H,33,38);1-2H3. The zero-order chi connectivity index (χ0) is 33.3. The van der Waals surface area contributed by atoms with Gasteiger partial charge in [0.25, 0.3) is 11.8 Å². The van der Waals surface area contributed by atoms with Crippen molar-refractivity contribution in [1.29, 1.82) is 0 Å². The molecule has 2 amide bonds. The number of nitrogens with one attached hydrogen (secondary N) is 1. The number of ether oxygens (including phenoxy) is 2. The lowest BCUT2D eigenvalue weighted by Gasteiger charge is -2.41. The highest BCUT2D eigenvalue weighted by molar-refractivity contribution is 5.99. The first-order valence-electron chi connectivity index (χ1n) is 13.7. The van der Waals surface area contributed by atoms with Crippen molar-refractivity contribution in [3.63, 3.8) is 0 Å². The maximum absolute atomic E-state index is 14.1. The number of fused-ring (bicyclic) bond motifs is 1. The Balaban J connectivity index is 0.00000102. The van der Waals surface area contributed by atoms with E-state index in [1.165, 1.54) is 29.8 Å². The highest BCUT2D eigenvalue weighted by Gasteiger charge is 2.36. The number of hydrogen-bond donors (Lipinski definition) is 1. The van der Waals surface area contributed by atoms with Crippen LogP contribution in [0.4, 0.5) is 13.2 Å². The van der Waals surface area contributed by atoms with Gasteiger partial charge in [-0.3, -0.25) is 28.9 Å². The number of aromatic nitrogens is 1. The highest BCUT2D eigenvalue weighted by Crippen LogP contribution is 2.25. The van der Waals surface area contributed by atoms with E-state index in [0.29, 0.717) is 17.7 Å². The number of nitrogens with zero attached hydrogens (tertiary/aromatic N) is 3. The van der Waals surface area contributed by atoms with Crippen molar-refractivity contribution in [2.75, 3.05) is 25.3 Å². The van der Waals surface area contributed by atoms with E-state index in [4.69, 9.17) is 4.74 Å². The smallest absolute Gasteiger partial charge is 0.302 e. The number of hydrogen-bond acceptors (Lipinski definition) is 7. The van der Waals surface area contributed by atoms with Crippen LogP contribution in [0.25, 0.3) is 0 Å². The molecule has 0 saturated carbocycles. The molecule has 0 saturated heterocycles. The molecule has 0 aliphatic carbocycles. The third-order valence-corrected chi connectivity index (χ3v) is 6.69. The second-order valence-corrected chi connectivity index (χ2v) is 9.77. The lowest BCUT2D eigenvalue weighted by atomic mass is 10.1. The molecule has 0 fully saturated rings. The Labute approximate surface area is 257 Å². The first-order chi connectivity index (χ1) is 21.4. The SMILES string of the molecule is C=CCN1CN(C(C)C=C)C(=O)c2c(OCc3ccccc3)c(=O)c(C(=O)NCc3c(F)cc(F)cc3F)cn21.COC(C)=O. The summed E-state index contributed by atoms with van der Waals surface area (Å²) < 4.78 is 52.9. The largest absolute Gasteiger partial charge is 0.482 e. The molecule has 0 radical (unpaired) electrons. The number of methoxy groups -OCH3 is 1. The quantitative estimate of drug-likeness (QED) is 0.267. The van der Waals surface area contributed by atoms with Crippen molar-refractivity contribution < 1.29 is 37.0 Å². The fourth-order valence-electron chi connectivity index (χ4n) is 4.21. The van der Waals surface area contributed by atoms with E-state index in [1.54, 1.807) is 48.4 Å². The molecule has 1 aliphatic rings. The molecule has 0 spiro atoms. The Morgan fingerprint density at radius 1 is 1.09 bits per heavy atom. The van der Waals surface area contributed by atoms with Crippen LogP contribution in [0.5, 0.6) is 5.75 Å². The average Bonchev–Trinajstić information content (AvgIpc) is 3.01. The number of halogens is 3. The van der Waals surface area contributed by atoms with E-state index in [2.05, 4.69) is 23.2 Å². The summed E-state index contributed by atoms with van der Waals surface area (Å²) in [5.41, 5.74) is -1.29. The Morgan fingerprint density at radius 3 is 2.27 bits per heavy atom. The van der Waals surface area contributed by atoms with Crippen LogP contribution in [0.15, 0.2) is 78.8 Å². The lowest BCUT2D eigenvalue weighted by molar-refractivity contribution is -0.137. The minimum absolute atomic E-state index is 0.0775. The first-order valence-corrected chi connectivity index (χ1v) is 13.7. The topological polar surface area (TPSA) is 110 Å². The molecule has 2 heterocycles. The zero-order valence-electron chi connectivity index (χ0n) is 25.0. The molecule has 4 rings (SSSR count). The lowest BCUT2D eigenvalue weighted by Crippen LogP contribution is -2.56. The molecule has 1 atom stereocenters. The van der Waals surface area contributed by atoms with Crippen LogP contribution in [-0.4, -0.2) is 53.7 Å². The molecule has 1 unspecified atom stereocenters. The maximum Gasteiger partial charge on any atom is 0.302 e. The predicted octanol–water partition coefficient (Wildman–Crippen LogP) is 4.07. The Hall–Kier alpha value is -5.33. The van der Waals surface area contributed by atoms with Gasteiger partial charge < -0.3 is 19.7 Å². The van der Waals surface area contributed by atoms with Gasteiger partial charge in [-0.05, 0) is 12.5 Å². The van der Waals surface area contributed by atoms with Gasteiger partial charge in [-0.15, -0.1) is 13.2 Å². The number of benzene rings is 2. The summed E-state index contributed by atoms with van der Waals surface area (Å²) in [6.07, 6.45) is 4.34. The number of pyridine rings is 1. The molecular formula is C32H33F3N4O6. The van der Waals surface area contributed by atoms with Crippen LogP contribution in [0.3, 0.4) is 0 Å². The van der Waals surface area contributed by atoms with Crippen LogP contribution in [-0.2, 0) is 22.7 Å². The van der Waals surface area contributed by atoms with Crippen molar-refractivity contribution in [3.8, 4) is 5.75 Å². The molecule has 1 aromatic heterocycles. The Morgan fingerprint density at radius 2 is 1.71 bits per heavy atom. The van der Waals surface area contributed by atoms with Gasteiger partial charge >= 0.3 is 5.97 Å². The van der Waals surface area contributed by atoms with Crippen molar-refractivity contribution in [3.05, 3.63) is 124 Å². The van der Waals surface area contributed by atoms with Gasteiger partial charge in [0.2, 0.25) is 5.43 Å². The van der Waals surface area contributed by atoms with Crippen molar-refractivity contribution in [2.45, 2.75) is 33.0 Å². The van der Waals surface area contributed by atoms with E-state index in [-0.39, 0.29) is 37.2 Å². The van der Waals surface area contributed by atoms with Crippen LogP contribution < -0.4 is 20.5 Å². The average molecular weight is 627 g/mol. The van der Waals surface area contributed by atoms with Gasteiger partial charge in [0.15, 0.2) is 11.4 Å². The summed E-state index contributed by atoms with van der Waals surface area (Å²) in [4.78, 5) is 51.5. The molecular weight excluding hydrogens is 593 g/mol. The van der Waals surface area contributed by atoms with Crippen LogP contribution in [0.1, 0.15) is 45.8 Å². The molecule has 1 N–H and O–H groups in total. The van der Waals surface area contributed by atoms with E-state index in [0.717, 1.165) is 0 Å². The van der Waals surface area contributed by atoms with Gasteiger partial charge in [0, 0.05) is 43.4 Å². The summed E-state index contributed by atoms with van der Waals surface area (Å²) in [5.74, 6) is -5.58. The van der Waals surface area contributed by atoms with Gasteiger partial charge in [0.05, 0.1) is 13.7 Å². The molecule has 10 nitrogen and oxygen atoms in total. The highest BCUT2D eigenvalue weighted by atomic mass is 19.1. The number of esters is 1. The van der Waals surface area contributed by atoms with Crippen molar-refractivity contribution >= 4 is 17.8 Å². The fraction of sp³-hybridized carbons (Fsp3) is 0.250. The van der Waals surface area contributed by atoms with Crippen molar-refractivity contribution in [1.82, 2.24) is 14.9 Å². The normalized spacial score (nSPS) is 12.7. The molecule has 13 heteroatoms. The summed E-state index contributed by atoms with van der Waals surface area (Å²) >= 11 is 0. The number of amides is 2. The number of carbonyl (C=O) groups is 3. The summed E-state index contributed by atoms with van der Waals surface area (Å²) in [7, 11) is 1.35. The van der Waals surface area contributed by atoms with Crippen LogP contribution in [0.2, 0.25) is 0 Å². The monoisotopic (exact) mass is 626 g/mol. The molecule has 238 valence electrons. The molecule has 2 aromatic carbocycles. The molecule has 45 heavy (non-hydrogen) atoms. The van der Waals surface area contributed by atoms with E-state index >= 15 is 0 Å². The number of carbonyl (C=O) groups excluding carboxylic acids is 3. The summed E-state index contributed by atoms with van der Waals surface area (Å²) in [5, 5.41) is 3.96. The maximum atomic E-state index is 14.1. The van der Waals surface area contributed by atoms with Gasteiger partial charge in [-0.1, -0.05) is 42.5 Å². The minimum atomic E-state index is -1.19. The Kier molecular flexibility index (Phi) is 11.7. The Bertz CT molecular complexity index is 1620. The fourth-order valence-corrected chi connectivity index (χ4v) is 4.21. The second-order valence-electron chi connectivity index (χ2n) is 9.77. The number of rotatable bonds is 10. The summed E-state index contributed by atoms with van der Waals surface area (Å²) in [6.45, 7) is 10.2. The second kappa shape index (κ2) is 15.4. The van der Waals surface area contributed by atoms with Gasteiger partial charge in [-0.25, -0.2) is 13.2 Å². The van der Waals surface area contributed by atoms with E-state index in [1.807, 2.05) is 6.07 Å². The third-order valence-electron chi connectivity index (χ3n) is 6.69. The molecule has 0 bridgehead atoms. The van der Waals surface area contributed by atoms with E-state index < -0.39 is 58.4 Å². The molecule has 3 aromatic rings. The minimum Gasteiger partial charge on any atom is -0.482 e. The molecule has 1 aliphatic heterocycles. The van der Waals surface area contributed by atoms with Crippen LogP contribution >= 0.6 is 0 Å². The van der Waals surface area contributed by atoms with Crippen molar-refractivity contribution in [2.24, 2.45) is 0 Å².